The molecule has 2 nitrogen and oxygen atoms in total. The van der Waals surface area contributed by atoms with Crippen molar-refractivity contribution in [1.82, 2.24) is 0 Å². The van der Waals surface area contributed by atoms with E-state index in [1.165, 1.54) is 44.9 Å². The molecular weight excluding hydrogens is 368 g/mol. The van der Waals surface area contributed by atoms with Crippen molar-refractivity contribution in [3.05, 3.63) is 35.5 Å². The molecule has 0 radical (unpaired) electrons. The number of fused-ring (bicyclic) bond motifs is 1. The smallest absolute Gasteiger partial charge is 0.0811 e. The van der Waals surface area contributed by atoms with Crippen LogP contribution in [0.5, 0.6) is 0 Å². The second kappa shape index (κ2) is 9.74. The summed E-state index contributed by atoms with van der Waals surface area (Å²) < 4.78 is 0. The van der Waals surface area contributed by atoms with Gasteiger partial charge < -0.3 is 10.2 Å². The van der Waals surface area contributed by atoms with Crippen LogP contribution in [0.2, 0.25) is 0 Å². The largest absolute Gasteiger partial charge is 0.393 e. The molecule has 2 N–H and O–H groups in total. The van der Waals surface area contributed by atoms with Gasteiger partial charge in [0.25, 0.3) is 0 Å². The lowest BCUT2D eigenvalue weighted by Crippen LogP contribution is -2.36. The van der Waals surface area contributed by atoms with Crippen LogP contribution in [0.1, 0.15) is 92.4 Å². The van der Waals surface area contributed by atoms with Gasteiger partial charge in [-0.25, -0.2) is 0 Å². The molecule has 3 aliphatic carbocycles. The third-order valence-electron chi connectivity index (χ3n) is 9.20. The van der Waals surface area contributed by atoms with Gasteiger partial charge >= 0.3 is 0 Å². The van der Waals surface area contributed by atoms with Gasteiger partial charge in [-0.2, -0.15) is 0 Å². The fraction of sp³-hybridized carbons (Fsp3) is 0.786. The zero-order chi connectivity index (χ0) is 22.1. The Morgan fingerprint density at radius 1 is 1.10 bits per heavy atom. The average molecular weight is 415 g/mol. The molecular formula is C28H46O2. The molecule has 2 heteroatoms. The molecule has 0 bridgehead atoms. The number of allylic oxidation sites excluding steroid dienone is 3. The van der Waals surface area contributed by atoms with Crippen LogP contribution in [-0.2, 0) is 0 Å². The van der Waals surface area contributed by atoms with E-state index in [2.05, 4.69) is 53.3 Å². The van der Waals surface area contributed by atoms with Gasteiger partial charge in [-0.1, -0.05) is 71.8 Å². The number of hydrogen-bond donors (Lipinski definition) is 2. The fourth-order valence-corrected chi connectivity index (χ4v) is 6.74. The number of aliphatic hydroxyl groups is 2. The van der Waals surface area contributed by atoms with Crippen molar-refractivity contribution in [3.63, 3.8) is 0 Å². The highest BCUT2D eigenvalue weighted by Crippen LogP contribution is 2.60. The van der Waals surface area contributed by atoms with Crippen LogP contribution in [0.3, 0.4) is 0 Å². The van der Waals surface area contributed by atoms with E-state index in [1.54, 1.807) is 5.57 Å². The summed E-state index contributed by atoms with van der Waals surface area (Å²) in [4.78, 5) is 0. The van der Waals surface area contributed by atoms with Crippen molar-refractivity contribution in [1.29, 1.82) is 0 Å². The third-order valence-corrected chi connectivity index (χ3v) is 9.20. The predicted octanol–water partition coefficient (Wildman–Crippen LogP) is 6.84. The second-order valence-electron chi connectivity index (χ2n) is 11.4. The minimum absolute atomic E-state index is 0.419. The molecule has 30 heavy (non-hydrogen) atoms. The van der Waals surface area contributed by atoms with Gasteiger partial charge in [-0.15, -0.1) is 0 Å². The zero-order valence-corrected chi connectivity index (χ0v) is 20.2. The highest BCUT2D eigenvalue weighted by molar-refractivity contribution is 5.38. The summed E-state index contributed by atoms with van der Waals surface area (Å²) in [5.74, 6) is 3.95. The van der Waals surface area contributed by atoms with E-state index in [0.717, 1.165) is 34.8 Å². The maximum Gasteiger partial charge on any atom is 0.0811 e. The van der Waals surface area contributed by atoms with Gasteiger partial charge in [0.15, 0.2) is 0 Å². The van der Waals surface area contributed by atoms with Crippen LogP contribution in [0.25, 0.3) is 0 Å². The Hall–Kier alpha value is -0.860. The van der Waals surface area contributed by atoms with Crippen LogP contribution >= 0.6 is 0 Å². The lowest BCUT2D eigenvalue weighted by molar-refractivity contribution is 0.0861. The molecule has 0 unspecified atom stereocenters. The van der Waals surface area contributed by atoms with Crippen molar-refractivity contribution in [2.45, 2.75) is 105 Å². The van der Waals surface area contributed by atoms with Gasteiger partial charge in [-0.05, 0) is 84.7 Å². The summed E-state index contributed by atoms with van der Waals surface area (Å²) in [6, 6.07) is 0. The number of hydrogen-bond acceptors (Lipinski definition) is 2. The minimum Gasteiger partial charge on any atom is -0.393 e. The Kier molecular flexibility index (Phi) is 7.72. The lowest BCUT2D eigenvalue weighted by atomic mass is 9.60. The first-order chi connectivity index (χ1) is 14.1. The van der Waals surface area contributed by atoms with Gasteiger partial charge in [0.2, 0.25) is 0 Å². The quantitative estimate of drug-likeness (QED) is 0.500. The Morgan fingerprint density at radius 3 is 2.53 bits per heavy atom. The van der Waals surface area contributed by atoms with Gasteiger partial charge in [0.05, 0.1) is 12.2 Å². The maximum absolute atomic E-state index is 10.1. The van der Waals surface area contributed by atoms with Crippen molar-refractivity contribution < 1.29 is 10.2 Å². The van der Waals surface area contributed by atoms with Crippen molar-refractivity contribution in [2.24, 2.45) is 35.0 Å². The van der Waals surface area contributed by atoms with Crippen molar-refractivity contribution in [3.8, 4) is 0 Å². The molecule has 170 valence electrons. The summed E-state index contributed by atoms with van der Waals surface area (Å²) in [7, 11) is 0. The summed E-state index contributed by atoms with van der Waals surface area (Å²) in [6.07, 6.45) is 13.8. The molecule has 3 fully saturated rings. The SMILES string of the molecule is C=C1/C(=C\C=C2\CCC[C@]3(C)[C@@H]([C@H](C)CC[C@H](C)C(C)C)CC[C@@H]23)C[C@@H](O)C[C@@H]1O. The molecule has 7 atom stereocenters. The van der Waals surface area contributed by atoms with E-state index in [0.29, 0.717) is 24.2 Å². The zero-order valence-electron chi connectivity index (χ0n) is 20.2. The number of aliphatic hydroxyl groups excluding tert-OH is 2. The molecule has 3 saturated carbocycles. The third kappa shape index (κ3) is 4.96. The van der Waals surface area contributed by atoms with E-state index in [4.69, 9.17) is 0 Å². The Morgan fingerprint density at radius 2 is 1.83 bits per heavy atom. The first-order valence-corrected chi connectivity index (χ1v) is 12.6. The monoisotopic (exact) mass is 414 g/mol. The van der Waals surface area contributed by atoms with Gasteiger partial charge in [-0.3, -0.25) is 0 Å². The summed E-state index contributed by atoms with van der Waals surface area (Å²) in [6.45, 7) is 16.3. The number of rotatable bonds is 6. The molecule has 3 aliphatic rings. The Labute approximate surface area is 185 Å². The first kappa shape index (κ1) is 23.8. The minimum atomic E-state index is -0.597. The highest BCUT2D eigenvalue weighted by Gasteiger charge is 2.50. The lowest BCUT2D eigenvalue weighted by Gasteiger charge is -2.44. The maximum atomic E-state index is 10.1. The molecule has 0 aromatic carbocycles. The normalized spacial score (nSPS) is 39.5. The molecule has 0 aromatic heterocycles. The van der Waals surface area contributed by atoms with Crippen LogP contribution in [0.15, 0.2) is 35.5 Å². The summed E-state index contributed by atoms with van der Waals surface area (Å²) >= 11 is 0. The molecule has 0 heterocycles. The van der Waals surface area contributed by atoms with Gasteiger partial charge in [0.1, 0.15) is 0 Å². The highest BCUT2D eigenvalue weighted by atomic mass is 16.3. The molecule has 0 aliphatic heterocycles. The van der Waals surface area contributed by atoms with E-state index in [1.807, 2.05) is 0 Å². The van der Waals surface area contributed by atoms with Crippen molar-refractivity contribution in [2.75, 3.05) is 0 Å². The van der Waals surface area contributed by atoms with E-state index >= 15 is 0 Å². The van der Waals surface area contributed by atoms with E-state index < -0.39 is 12.2 Å². The molecule has 0 spiro atoms. The first-order valence-electron chi connectivity index (χ1n) is 12.6. The molecule has 0 aromatic rings. The molecule has 0 saturated heterocycles. The summed E-state index contributed by atoms with van der Waals surface area (Å²) in [5.41, 5.74) is 3.87. The Bertz CT molecular complexity index is 672. The van der Waals surface area contributed by atoms with Crippen LogP contribution < -0.4 is 0 Å². The molecule has 3 rings (SSSR count). The average Bonchev–Trinajstić information content (AvgIpc) is 3.04. The van der Waals surface area contributed by atoms with Gasteiger partial charge in [0, 0.05) is 6.42 Å². The van der Waals surface area contributed by atoms with Crippen LogP contribution in [0, 0.1) is 35.0 Å². The van der Waals surface area contributed by atoms with E-state index in [9.17, 15) is 10.2 Å². The van der Waals surface area contributed by atoms with Crippen LogP contribution in [0.4, 0.5) is 0 Å². The van der Waals surface area contributed by atoms with Crippen molar-refractivity contribution >= 4 is 0 Å². The summed E-state index contributed by atoms with van der Waals surface area (Å²) in [5, 5.41) is 20.2. The second-order valence-corrected chi connectivity index (χ2v) is 11.4. The topological polar surface area (TPSA) is 40.5 Å². The van der Waals surface area contributed by atoms with Crippen LogP contribution in [-0.4, -0.2) is 22.4 Å². The standard InChI is InChI=1S/C28H46O2/c1-18(2)19(3)9-10-20(4)25-13-14-26-22(8-7-15-28(25,26)6)11-12-23-16-24(29)17-27(30)21(23)5/h11-12,18-20,24-27,29-30H,5,7-10,13-17H2,1-4,6H3/b22-11-,23-12-/t19-,20+,24+,25+,26-,27-,28+/m0/s1. The fourth-order valence-electron chi connectivity index (χ4n) is 6.74. The molecule has 0 amide bonds. The Balaban J connectivity index is 1.72. The van der Waals surface area contributed by atoms with E-state index in [-0.39, 0.29) is 0 Å². The predicted molar refractivity (Wildman–Crippen MR) is 127 cm³/mol.